The summed E-state index contributed by atoms with van der Waals surface area (Å²) in [5, 5.41) is 0.351. The first-order valence-electron chi connectivity index (χ1n) is 6.17. The lowest BCUT2D eigenvalue weighted by Gasteiger charge is -2.21. The Morgan fingerprint density at radius 1 is 1.26 bits per heavy atom. The number of nitrogens with zero attached hydrogens (tertiary/aromatic N) is 3. The lowest BCUT2D eigenvalue weighted by atomic mass is 10.1. The van der Waals surface area contributed by atoms with Gasteiger partial charge in [-0.3, -0.25) is 9.88 Å². The SMILES string of the molecule is NC(=S)N(c1cnccn1)C1CC1c1ccccc1. The van der Waals surface area contributed by atoms with Crippen molar-refractivity contribution in [3.63, 3.8) is 0 Å². The molecule has 1 aromatic carbocycles. The molecule has 1 aliphatic rings. The van der Waals surface area contributed by atoms with Crippen LogP contribution in [0, 0.1) is 0 Å². The number of hydrogen-bond donors (Lipinski definition) is 1. The monoisotopic (exact) mass is 270 g/mol. The van der Waals surface area contributed by atoms with E-state index in [2.05, 4.69) is 34.2 Å². The molecule has 0 radical (unpaired) electrons. The minimum atomic E-state index is 0.289. The van der Waals surface area contributed by atoms with Crippen LogP contribution in [0.4, 0.5) is 5.82 Å². The Morgan fingerprint density at radius 3 is 2.68 bits per heavy atom. The molecule has 0 amide bonds. The summed E-state index contributed by atoms with van der Waals surface area (Å²) in [6.07, 6.45) is 6.03. The molecule has 2 N–H and O–H groups in total. The normalized spacial score (nSPS) is 20.8. The first kappa shape index (κ1) is 12.0. The van der Waals surface area contributed by atoms with Gasteiger partial charge in [-0.15, -0.1) is 0 Å². The van der Waals surface area contributed by atoms with E-state index in [4.69, 9.17) is 18.0 Å². The second-order valence-electron chi connectivity index (χ2n) is 4.59. The van der Waals surface area contributed by atoms with Crippen LogP contribution in [0.1, 0.15) is 17.9 Å². The summed E-state index contributed by atoms with van der Waals surface area (Å²) in [6.45, 7) is 0. The van der Waals surface area contributed by atoms with Crippen LogP contribution < -0.4 is 10.6 Å². The molecule has 2 aromatic rings. The molecule has 5 heteroatoms. The third-order valence-electron chi connectivity index (χ3n) is 3.35. The molecule has 4 nitrogen and oxygen atoms in total. The highest BCUT2D eigenvalue weighted by Crippen LogP contribution is 2.45. The predicted molar refractivity (Wildman–Crippen MR) is 78.9 cm³/mol. The Hall–Kier alpha value is -2.01. The van der Waals surface area contributed by atoms with Crippen LogP contribution in [-0.2, 0) is 0 Å². The standard InChI is InChI=1S/C14H14N4S/c15-14(19)18(13-9-16-6-7-17-13)12-8-11(12)10-4-2-1-3-5-10/h1-7,9,11-12H,8H2,(H2,15,19). The van der Waals surface area contributed by atoms with Crippen LogP contribution in [0.5, 0.6) is 0 Å². The van der Waals surface area contributed by atoms with Crippen molar-refractivity contribution in [3.05, 3.63) is 54.5 Å². The van der Waals surface area contributed by atoms with E-state index < -0.39 is 0 Å². The zero-order chi connectivity index (χ0) is 13.2. The van der Waals surface area contributed by atoms with Gasteiger partial charge in [0.15, 0.2) is 10.9 Å². The Morgan fingerprint density at radius 2 is 2.05 bits per heavy atom. The van der Waals surface area contributed by atoms with Gasteiger partial charge in [0.1, 0.15) is 0 Å². The molecule has 0 aliphatic heterocycles. The first-order valence-corrected chi connectivity index (χ1v) is 6.58. The molecule has 1 fully saturated rings. The summed E-state index contributed by atoms with van der Waals surface area (Å²) in [4.78, 5) is 10.3. The molecule has 96 valence electrons. The molecule has 2 atom stereocenters. The van der Waals surface area contributed by atoms with E-state index in [1.54, 1.807) is 18.6 Å². The van der Waals surface area contributed by atoms with Crippen molar-refractivity contribution in [2.24, 2.45) is 5.73 Å². The first-order chi connectivity index (χ1) is 9.27. The van der Waals surface area contributed by atoms with Crippen LogP contribution >= 0.6 is 12.2 Å². The Labute approximate surface area is 117 Å². The second-order valence-corrected chi connectivity index (χ2v) is 5.01. The van der Waals surface area contributed by atoms with Gasteiger partial charge in [0.2, 0.25) is 0 Å². The fourth-order valence-corrected chi connectivity index (χ4v) is 2.62. The highest BCUT2D eigenvalue weighted by molar-refractivity contribution is 7.80. The molecule has 1 saturated carbocycles. The number of hydrogen-bond acceptors (Lipinski definition) is 3. The van der Waals surface area contributed by atoms with Crippen molar-refractivity contribution in [2.75, 3.05) is 4.90 Å². The van der Waals surface area contributed by atoms with Gasteiger partial charge in [0.25, 0.3) is 0 Å². The Kier molecular flexibility index (Phi) is 3.13. The van der Waals surface area contributed by atoms with Gasteiger partial charge in [0, 0.05) is 24.4 Å². The lowest BCUT2D eigenvalue weighted by Crippen LogP contribution is -2.38. The van der Waals surface area contributed by atoms with E-state index in [1.807, 2.05) is 11.0 Å². The Bertz CT molecular complexity index is 573. The van der Waals surface area contributed by atoms with Crippen molar-refractivity contribution in [2.45, 2.75) is 18.4 Å². The zero-order valence-corrected chi connectivity index (χ0v) is 11.1. The molecular formula is C14H14N4S. The third kappa shape index (κ3) is 2.42. The third-order valence-corrected chi connectivity index (χ3v) is 3.55. The molecule has 1 heterocycles. The van der Waals surface area contributed by atoms with Crippen molar-refractivity contribution in [1.29, 1.82) is 0 Å². The fourth-order valence-electron chi connectivity index (χ4n) is 2.39. The van der Waals surface area contributed by atoms with E-state index in [1.165, 1.54) is 5.56 Å². The molecule has 3 rings (SSSR count). The second kappa shape index (κ2) is 4.93. The molecule has 0 spiro atoms. The van der Waals surface area contributed by atoms with E-state index in [0.717, 1.165) is 12.2 Å². The van der Waals surface area contributed by atoms with Gasteiger partial charge in [-0.05, 0) is 24.2 Å². The predicted octanol–water partition coefficient (Wildman–Crippen LogP) is 2.08. The van der Waals surface area contributed by atoms with Gasteiger partial charge in [-0.25, -0.2) is 4.98 Å². The Balaban J connectivity index is 1.83. The van der Waals surface area contributed by atoms with Crippen LogP contribution in [0.15, 0.2) is 48.9 Å². The summed E-state index contributed by atoms with van der Waals surface area (Å²) in [5.74, 6) is 1.18. The van der Waals surface area contributed by atoms with E-state index in [-0.39, 0.29) is 6.04 Å². The average Bonchev–Trinajstić information content (AvgIpc) is 3.21. The number of nitrogens with two attached hydrogens (primary N) is 1. The van der Waals surface area contributed by atoms with E-state index in [9.17, 15) is 0 Å². The van der Waals surface area contributed by atoms with Crippen LogP contribution in [0.25, 0.3) is 0 Å². The van der Waals surface area contributed by atoms with E-state index in [0.29, 0.717) is 11.0 Å². The molecule has 2 unspecified atom stereocenters. The quantitative estimate of drug-likeness (QED) is 0.865. The molecule has 0 bridgehead atoms. The lowest BCUT2D eigenvalue weighted by molar-refractivity contribution is 0.921. The smallest absolute Gasteiger partial charge is 0.172 e. The maximum absolute atomic E-state index is 5.84. The number of thiocarbonyl (C=S) groups is 1. The molecule has 1 aromatic heterocycles. The van der Waals surface area contributed by atoms with Gasteiger partial charge >= 0.3 is 0 Å². The summed E-state index contributed by atoms with van der Waals surface area (Å²) < 4.78 is 0. The summed E-state index contributed by atoms with van der Waals surface area (Å²) >= 11 is 5.15. The van der Waals surface area contributed by atoms with Crippen molar-refractivity contribution < 1.29 is 0 Å². The maximum Gasteiger partial charge on any atom is 0.172 e. The number of aromatic nitrogens is 2. The highest BCUT2D eigenvalue weighted by atomic mass is 32.1. The zero-order valence-electron chi connectivity index (χ0n) is 10.3. The van der Waals surface area contributed by atoms with Crippen molar-refractivity contribution in [3.8, 4) is 0 Å². The summed E-state index contributed by atoms with van der Waals surface area (Å²) in [5.41, 5.74) is 7.16. The van der Waals surface area contributed by atoms with Crippen LogP contribution in [0.2, 0.25) is 0 Å². The van der Waals surface area contributed by atoms with Crippen molar-refractivity contribution >= 4 is 23.1 Å². The largest absolute Gasteiger partial charge is 0.376 e. The molecule has 1 aliphatic carbocycles. The van der Waals surface area contributed by atoms with Gasteiger partial charge < -0.3 is 5.73 Å². The number of benzene rings is 1. The summed E-state index contributed by atoms with van der Waals surface area (Å²) in [6, 6.07) is 10.7. The molecule has 19 heavy (non-hydrogen) atoms. The van der Waals surface area contributed by atoms with Gasteiger partial charge in [-0.1, -0.05) is 30.3 Å². The van der Waals surface area contributed by atoms with Crippen LogP contribution in [0.3, 0.4) is 0 Å². The average molecular weight is 270 g/mol. The minimum absolute atomic E-state index is 0.289. The van der Waals surface area contributed by atoms with Crippen molar-refractivity contribution in [1.82, 2.24) is 9.97 Å². The van der Waals surface area contributed by atoms with Gasteiger partial charge in [0.05, 0.1) is 6.20 Å². The molecule has 0 saturated heterocycles. The minimum Gasteiger partial charge on any atom is -0.376 e. The number of rotatable bonds is 3. The maximum atomic E-state index is 5.84. The molecular weight excluding hydrogens is 256 g/mol. The highest BCUT2D eigenvalue weighted by Gasteiger charge is 2.44. The van der Waals surface area contributed by atoms with Crippen LogP contribution in [-0.4, -0.2) is 21.1 Å². The topological polar surface area (TPSA) is 55.0 Å². The van der Waals surface area contributed by atoms with Gasteiger partial charge in [-0.2, -0.15) is 0 Å². The fraction of sp³-hybridized carbons (Fsp3) is 0.214. The number of anilines is 1. The van der Waals surface area contributed by atoms with E-state index >= 15 is 0 Å². The summed E-state index contributed by atoms with van der Waals surface area (Å²) in [7, 11) is 0.